The lowest BCUT2D eigenvalue weighted by Crippen LogP contribution is -2.23. The lowest BCUT2D eigenvalue weighted by Gasteiger charge is -2.10. The number of hydrogen-bond donors (Lipinski definition) is 1. The van der Waals surface area contributed by atoms with Crippen LogP contribution in [0.4, 0.5) is 13.2 Å². The number of nitrogens with one attached hydrogen (secondary N) is 1. The number of benzene rings is 2. The summed E-state index contributed by atoms with van der Waals surface area (Å²) in [5.74, 6) is -0.259. The number of carbonyl (C=O) groups is 1. The molecular weight excluding hydrogens is 359 g/mol. The van der Waals surface area contributed by atoms with Gasteiger partial charge >= 0.3 is 6.18 Å². The summed E-state index contributed by atoms with van der Waals surface area (Å²) in [5, 5.41) is 2.70. The minimum absolute atomic E-state index is 0.173. The molecule has 2 nitrogen and oxygen atoms in total. The molecule has 0 bridgehead atoms. The maximum Gasteiger partial charge on any atom is 0.416 e. The quantitative estimate of drug-likeness (QED) is 0.831. The monoisotopic (exact) mass is 371 g/mol. The second kappa shape index (κ2) is 6.52. The summed E-state index contributed by atoms with van der Waals surface area (Å²) < 4.78 is 38.3. The SMILES string of the molecule is Cc1cc(Br)ccc1C(=O)NCc1ccc(C(F)(F)F)cc1. The highest BCUT2D eigenvalue weighted by Gasteiger charge is 2.29. The normalized spacial score (nSPS) is 11.3. The molecule has 1 N–H and O–H groups in total. The third-order valence-electron chi connectivity index (χ3n) is 3.17. The molecule has 0 heterocycles. The van der Waals surface area contributed by atoms with Crippen LogP contribution in [0, 0.1) is 6.92 Å². The van der Waals surface area contributed by atoms with Crippen LogP contribution in [0.5, 0.6) is 0 Å². The van der Waals surface area contributed by atoms with Crippen molar-refractivity contribution in [3.05, 3.63) is 69.2 Å². The average molecular weight is 372 g/mol. The molecule has 6 heteroatoms. The summed E-state index contributed by atoms with van der Waals surface area (Å²) in [5.41, 5.74) is 1.26. The molecule has 1 amide bonds. The predicted octanol–water partition coefficient (Wildman–Crippen LogP) is 4.71. The number of amides is 1. The minimum atomic E-state index is -4.35. The van der Waals surface area contributed by atoms with Gasteiger partial charge in [0.2, 0.25) is 0 Å². The van der Waals surface area contributed by atoms with E-state index in [0.29, 0.717) is 11.1 Å². The van der Waals surface area contributed by atoms with E-state index in [1.54, 1.807) is 12.1 Å². The van der Waals surface area contributed by atoms with Crippen LogP contribution in [0.15, 0.2) is 46.9 Å². The lowest BCUT2D eigenvalue weighted by molar-refractivity contribution is -0.137. The van der Waals surface area contributed by atoms with Gasteiger partial charge in [0.05, 0.1) is 5.56 Å². The molecule has 0 radical (unpaired) electrons. The highest BCUT2D eigenvalue weighted by molar-refractivity contribution is 9.10. The zero-order valence-electron chi connectivity index (χ0n) is 11.7. The molecule has 0 saturated heterocycles. The van der Waals surface area contributed by atoms with E-state index in [1.807, 2.05) is 13.0 Å². The largest absolute Gasteiger partial charge is 0.416 e. The fraction of sp³-hybridized carbons (Fsp3) is 0.188. The second-order valence-electron chi connectivity index (χ2n) is 4.84. The van der Waals surface area contributed by atoms with E-state index in [2.05, 4.69) is 21.2 Å². The van der Waals surface area contributed by atoms with Crippen molar-refractivity contribution in [1.29, 1.82) is 0 Å². The topological polar surface area (TPSA) is 29.1 Å². The van der Waals surface area contributed by atoms with Crippen LogP contribution in [-0.4, -0.2) is 5.91 Å². The molecule has 116 valence electrons. The predicted molar refractivity (Wildman–Crippen MR) is 81.5 cm³/mol. The Morgan fingerprint density at radius 3 is 2.32 bits per heavy atom. The summed E-state index contributed by atoms with van der Waals surface area (Å²) >= 11 is 3.32. The number of hydrogen-bond acceptors (Lipinski definition) is 1. The molecule has 0 aliphatic heterocycles. The standard InChI is InChI=1S/C16H13BrF3NO/c1-10-8-13(17)6-7-14(10)15(22)21-9-11-2-4-12(5-3-11)16(18,19)20/h2-8H,9H2,1H3,(H,21,22). The summed E-state index contributed by atoms with van der Waals surface area (Å²) in [6.45, 7) is 1.99. The van der Waals surface area contributed by atoms with E-state index in [0.717, 1.165) is 22.2 Å². The van der Waals surface area contributed by atoms with Gasteiger partial charge in [-0.3, -0.25) is 4.79 Å². The van der Waals surface area contributed by atoms with E-state index >= 15 is 0 Å². The first kappa shape index (κ1) is 16.5. The van der Waals surface area contributed by atoms with Crippen LogP contribution in [0.2, 0.25) is 0 Å². The molecule has 2 rings (SSSR count). The van der Waals surface area contributed by atoms with Crippen LogP contribution in [-0.2, 0) is 12.7 Å². The molecule has 0 aromatic heterocycles. The molecule has 0 spiro atoms. The van der Waals surface area contributed by atoms with Gasteiger partial charge < -0.3 is 5.32 Å². The van der Waals surface area contributed by atoms with E-state index in [1.165, 1.54) is 12.1 Å². The summed E-state index contributed by atoms with van der Waals surface area (Å²) in [6, 6.07) is 10.0. The molecule has 0 aliphatic carbocycles. The Morgan fingerprint density at radius 1 is 1.14 bits per heavy atom. The van der Waals surface area contributed by atoms with E-state index in [4.69, 9.17) is 0 Å². The van der Waals surface area contributed by atoms with Crippen molar-refractivity contribution in [3.8, 4) is 0 Å². The Bertz CT molecular complexity index is 681. The maximum absolute atomic E-state index is 12.5. The van der Waals surface area contributed by atoms with Gasteiger partial charge in [0, 0.05) is 16.6 Å². The minimum Gasteiger partial charge on any atom is -0.348 e. The summed E-state index contributed by atoms with van der Waals surface area (Å²) in [4.78, 5) is 12.1. The maximum atomic E-state index is 12.5. The Labute approximate surface area is 134 Å². The zero-order chi connectivity index (χ0) is 16.3. The van der Waals surface area contributed by atoms with Crippen LogP contribution in [0.1, 0.15) is 27.0 Å². The molecule has 2 aromatic carbocycles. The number of carbonyl (C=O) groups excluding carboxylic acids is 1. The second-order valence-corrected chi connectivity index (χ2v) is 5.75. The fourth-order valence-corrected chi connectivity index (χ4v) is 2.45. The molecule has 2 aromatic rings. The van der Waals surface area contributed by atoms with Gasteiger partial charge in [-0.05, 0) is 48.4 Å². The first-order chi connectivity index (χ1) is 10.3. The Kier molecular flexibility index (Phi) is 4.90. The van der Waals surface area contributed by atoms with Gasteiger partial charge in [-0.25, -0.2) is 0 Å². The first-order valence-corrected chi connectivity index (χ1v) is 7.27. The average Bonchev–Trinajstić information content (AvgIpc) is 2.44. The molecule has 0 atom stereocenters. The van der Waals surface area contributed by atoms with Gasteiger partial charge in [0.15, 0.2) is 0 Å². The molecule has 0 fully saturated rings. The molecule has 0 unspecified atom stereocenters. The van der Waals surface area contributed by atoms with E-state index < -0.39 is 11.7 Å². The van der Waals surface area contributed by atoms with Gasteiger partial charge in [-0.15, -0.1) is 0 Å². The van der Waals surface area contributed by atoms with Crippen LogP contribution in [0.25, 0.3) is 0 Å². The van der Waals surface area contributed by atoms with Crippen LogP contribution >= 0.6 is 15.9 Å². The Hall–Kier alpha value is -1.82. The van der Waals surface area contributed by atoms with Gasteiger partial charge in [0.25, 0.3) is 5.91 Å². The fourth-order valence-electron chi connectivity index (χ4n) is 1.97. The number of rotatable bonds is 3. The van der Waals surface area contributed by atoms with Gasteiger partial charge in [-0.1, -0.05) is 28.1 Å². The van der Waals surface area contributed by atoms with Crippen molar-refractivity contribution in [1.82, 2.24) is 5.32 Å². The Morgan fingerprint density at radius 2 is 1.77 bits per heavy atom. The van der Waals surface area contributed by atoms with E-state index in [9.17, 15) is 18.0 Å². The summed E-state index contributed by atoms with van der Waals surface area (Å²) in [7, 11) is 0. The summed E-state index contributed by atoms with van der Waals surface area (Å²) in [6.07, 6.45) is -4.35. The number of halogens is 4. The third kappa shape index (κ3) is 4.10. The number of alkyl halides is 3. The van der Waals surface area contributed by atoms with Crippen molar-refractivity contribution in [2.45, 2.75) is 19.6 Å². The highest BCUT2D eigenvalue weighted by atomic mass is 79.9. The van der Waals surface area contributed by atoms with Gasteiger partial charge in [-0.2, -0.15) is 13.2 Å². The van der Waals surface area contributed by atoms with Crippen molar-refractivity contribution < 1.29 is 18.0 Å². The third-order valence-corrected chi connectivity index (χ3v) is 3.66. The van der Waals surface area contributed by atoms with Crippen molar-refractivity contribution in [2.24, 2.45) is 0 Å². The first-order valence-electron chi connectivity index (χ1n) is 6.48. The van der Waals surface area contributed by atoms with Crippen molar-refractivity contribution in [3.63, 3.8) is 0 Å². The highest BCUT2D eigenvalue weighted by Crippen LogP contribution is 2.29. The van der Waals surface area contributed by atoms with E-state index in [-0.39, 0.29) is 12.5 Å². The molecule has 22 heavy (non-hydrogen) atoms. The van der Waals surface area contributed by atoms with Crippen molar-refractivity contribution in [2.75, 3.05) is 0 Å². The van der Waals surface area contributed by atoms with Crippen LogP contribution in [0.3, 0.4) is 0 Å². The molecule has 0 aliphatic rings. The van der Waals surface area contributed by atoms with Crippen molar-refractivity contribution >= 4 is 21.8 Å². The lowest BCUT2D eigenvalue weighted by atomic mass is 10.1. The zero-order valence-corrected chi connectivity index (χ0v) is 13.3. The van der Waals surface area contributed by atoms with Crippen LogP contribution < -0.4 is 5.32 Å². The number of aryl methyl sites for hydroxylation is 1. The molecule has 0 saturated carbocycles. The smallest absolute Gasteiger partial charge is 0.348 e. The van der Waals surface area contributed by atoms with Gasteiger partial charge in [0.1, 0.15) is 0 Å². The Balaban J connectivity index is 2.02. The molecular formula is C16H13BrF3NO.